The zero-order valence-corrected chi connectivity index (χ0v) is 16.7. The summed E-state index contributed by atoms with van der Waals surface area (Å²) in [6, 6.07) is 8.84. The van der Waals surface area contributed by atoms with Crippen molar-refractivity contribution >= 4 is 12.0 Å². The van der Waals surface area contributed by atoms with Gasteiger partial charge in [-0.1, -0.05) is 12.1 Å². The van der Waals surface area contributed by atoms with Gasteiger partial charge in [0.2, 0.25) is 5.91 Å². The SMILES string of the molecule is CCN(Cc1ccc(C#N)cc1)C(=O)[C@@H]1CCCCN1C(=O)OC(C)(C)C. The first-order valence-corrected chi connectivity index (χ1v) is 9.52. The van der Waals surface area contributed by atoms with E-state index in [2.05, 4.69) is 6.07 Å². The lowest BCUT2D eigenvalue weighted by Crippen LogP contribution is -2.53. The normalized spacial score (nSPS) is 17.1. The molecule has 1 fully saturated rings. The van der Waals surface area contributed by atoms with Crippen LogP contribution in [0.15, 0.2) is 24.3 Å². The topological polar surface area (TPSA) is 73.6 Å². The quantitative estimate of drug-likeness (QED) is 0.809. The van der Waals surface area contributed by atoms with Gasteiger partial charge in [-0.05, 0) is 64.7 Å². The van der Waals surface area contributed by atoms with Crippen molar-refractivity contribution in [2.75, 3.05) is 13.1 Å². The van der Waals surface area contributed by atoms with E-state index >= 15 is 0 Å². The van der Waals surface area contributed by atoms with Gasteiger partial charge in [0.1, 0.15) is 11.6 Å². The molecular formula is C21H29N3O3. The zero-order chi connectivity index (χ0) is 20.0. The Labute approximate surface area is 161 Å². The molecular weight excluding hydrogens is 342 g/mol. The van der Waals surface area contributed by atoms with Crippen LogP contribution >= 0.6 is 0 Å². The van der Waals surface area contributed by atoms with E-state index in [0.717, 1.165) is 18.4 Å². The number of nitriles is 1. The van der Waals surface area contributed by atoms with Crippen LogP contribution in [0.1, 0.15) is 58.1 Å². The number of carbonyl (C=O) groups is 2. The molecule has 1 aliphatic heterocycles. The molecule has 0 N–H and O–H groups in total. The number of rotatable bonds is 4. The molecule has 0 aromatic heterocycles. The maximum atomic E-state index is 13.2. The Morgan fingerprint density at radius 3 is 2.48 bits per heavy atom. The Morgan fingerprint density at radius 2 is 1.93 bits per heavy atom. The number of likely N-dealkylation sites (tertiary alicyclic amines) is 1. The lowest BCUT2D eigenvalue weighted by atomic mass is 10.0. The number of ether oxygens (including phenoxy) is 1. The summed E-state index contributed by atoms with van der Waals surface area (Å²) in [5.41, 5.74) is 0.968. The molecule has 6 heteroatoms. The van der Waals surface area contributed by atoms with Crippen molar-refractivity contribution in [1.29, 1.82) is 5.26 Å². The number of amides is 2. The van der Waals surface area contributed by atoms with Gasteiger partial charge < -0.3 is 9.64 Å². The van der Waals surface area contributed by atoms with Crippen LogP contribution < -0.4 is 0 Å². The number of hydrogen-bond acceptors (Lipinski definition) is 4. The molecule has 0 radical (unpaired) electrons. The summed E-state index contributed by atoms with van der Waals surface area (Å²) in [5, 5.41) is 8.91. The summed E-state index contributed by atoms with van der Waals surface area (Å²) >= 11 is 0. The molecule has 0 saturated carbocycles. The molecule has 0 unspecified atom stereocenters. The van der Waals surface area contributed by atoms with Crippen LogP contribution in [0.25, 0.3) is 0 Å². The molecule has 1 aliphatic rings. The van der Waals surface area contributed by atoms with Gasteiger partial charge in [0.05, 0.1) is 11.6 Å². The Bertz CT molecular complexity index is 701. The monoisotopic (exact) mass is 371 g/mol. The van der Waals surface area contributed by atoms with E-state index in [1.165, 1.54) is 0 Å². The van der Waals surface area contributed by atoms with Crippen LogP contribution in [0.2, 0.25) is 0 Å². The highest BCUT2D eigenvalue weighted by atomic mass is 16.6. The van der Waals surface area contributed by atoms with Crippen molar-refractivity contribution < 1.29 is 14.3 Å². The van der Waals surface area contributed by atoms with Crippen molar-refractivity contribution in [2.45, 2.75) is 65.1 Å². The molecule has 1 heterocycles. The van der Waals surface area contributed by atoms with Crippen LogP contribution in [0.3, 0.4) is 0 Å². The molecule has 1 aromatic carbocycles. The molecule has 1 atom stereocenters. The third-order valence-electron chi connectivity index (χ3n) is 4.57. The highest BCUT2D eigenvalue weighted by molar-refractivity contribution is 5.86. The third kappa shape index (κ3) is 5.72. The summed E-state index contributed by atoms with van der Waals surface area (Å²) in [7, 11) is 0. The predicted molar refractivity (Wildman–Crippen MR) is 103 cm³/mol. The number of hydrogen-bond donors (Lipinski definition) is 0. The van der Waals surface area contributed by atoms with E-state index in [4.69, 9.17) is 10.00 Å². The van der Waals surface area contributed by atoms with E-state index in [0.29, 0.717) is 31.6 Å². The van der Waals surface area contributed by atoms with E-state index < -0.39 is 17.7 Å². The van der Waals surface area contributed by atoms with Gasteiger partial charge in [0.25, 0.3) is 0 Å². The van der Waals surface area contributed by atoms with Gasteiger partial charge in [0.15, 0.2) is 0 Å². The minimum atomic E-state index is -0.588. The fourth-order valence-electron chi connectivity index (χ4n) is 3.19. The molecule has 27 heavy (non-hydrogen) atoms. The second-order valence-electron chi connectivity index (χ2n) is 7.85. The summed E-state index contributed by atoms with van der Waals surface area (Å²) in [6.45, 7) is 8.97. The maximum absolute atomic E-state index is 13.2. The van der Waals surface area contributed by atoms with Gasteiger partial charge >= 0.3 is 6.09 Å². The van der Waals surface area contributed by atoms with Crippen molar-refractivity contribution in [1.82, 2.24) is 9.80 Å². The zero-order valence-electron chi connectivity index (χ0n) is 16.7. The van der Waals surface area contributed by atoms with Crippen molar-refractivity contribution in [2.24, 2.45) is 0 Å². The van der Waals surface area contributed by atoms with Crippen molar-refractivity contribution in [3.05, 3.63) is 35.4 Å². The Balaban J connectivity index is 2.12. The summed E-state index contributed by atoms with van der Waals surface area (Å²) in [4.78, 5) is 29.1. The Hall–Kier alpha value is -2.55. The molecule has 6 nitrogen and oxygen atoms in total. The third-order valence-corrected chi connectivity index (χ3v) is 4.57. The first-order chi connectivity index (χ1) is 12.7. The van der Waals surface area contributed by atoms with Gasteiger partial charge in [-0.2, -0.15) is 5.26 Å². The average Bonchev–Trinajstić information content (AvgIpc) is 2.64. The standard InChI is InChI=1S/C21H29N3O3/c1-5-23(15-17-11-9-16(14-22)10-12-17)19(25)18-8-6-7-13-24(18)20(26)27-21(2,3)4/h9-12,18H,5-8,13,15H2,1-4H3/t18-/m0/s1. The molecule has 146 valence electrons. The Kier molecular flexibility index (Phi) is 6.84. The van der Waals surface area contributed by atoms with Crippen LogP contribution in [0.4, 0.5) is 4.79 Å². The summed E-state index contributed by atoms with van der Waals surface area (Å²) in [6.07, 6.45) is 2.03. The first-order valence-electron chi connectivity index (χ1n) is 9.52. The molecule has 1 aromatic rings. The van der Waals surface area contributed by atoms with Gasteiger partial charge in [-0.25, -0.2) is 4.79 Å². The molecule has 2 amide bonds. The number of nitrogens with zero attached hydrogens (tertiary/aromatic N) is 3. The fourth-order valence-corrected chi connectivity index (χ4v) is 3.19. The van der Waals surface area contributed by atoms with E-state index in [-0.39, 0.29) is 5.91 Å². The average molecular weight is 371 g/mol. The van der Waals surface area contributed by atoms with E-state index in [9.17, 15) is 9.59 Å². The van der Waals surface area contributed by atoms with Gasteiger partial charge in [0, 0.05) is 19.6 Å². The highest BCUT2D eigenvalue weighted by Crippen LogP contribution is 2.23. The molecule has 0 bridgehead atoms. The molecule has 1 saturated heterocycles. The minimum Gasteiger partial charge on any atom is -0.444 e. The number of likely N-dealkylation sites (N-methyl/N-ethyl adjacent to an activating group) is 1. The van der Waals surface area contributed by atoms with E-state index in [1.54, 1.807) is 21.9 Å². The van der Waals surface area contributed by atoms with Crippen LogP contribution in [-0.4, -0.2) is 46.5 Å². The maximum Gasteiger partial charge on any atom is 0.410 e. The van der Waals surface area contributed by atoms with E-state index in [1.807, 2.05) is 39.8 Å². The molecule has 0 aliphatic carbocycles. The lowest BCUT2D eigenvalue weighted by molar-refractivity contribution is -0.138. The lowest BCUT2D eigenvalue weighted by Gasteiger charge is -2.38. The number of piperidine rings is 1. The Morgan fingerprint density at radius 1 is 1.26 bits per heavy atom. The smallest absolute Gasteiger partial charge is 0.410 e. The number of carbonyl (C=O) groups excluding carboxylic acids is 2. The first kappa shape index (κ1) is 20.8. The second-order valence-corrected chi connectivity index (χ2v) is 7.85. The minimum absolute atomic E-state index is 0.0487. The predicted octanol–water partition coefficient (Wildman–Crippen LogP) is 3.70. The highest BCUT2D eigenvalue weighted by Gasteiger charge is 2.36. The molecule has 0 spiro atoms. The van der Waals surface area contributed by atoms with Crippen LogP contribution in [0, 0.1) is 11.3 Å². The van der Waals surface area contributed by atoms with Gasteiger partial charge in [-0.3, -0.25) is 9.69 Å². The summed E-state index contributed by atoms with van der Waals surface area (Å²) in [5.74, 6) is -0.0487. The van der Waals surface area contributed by atoms with Crippen molar-refractivity contribution in [3.63, 3.8) is 0 Å². The summed E-state index contributed by atoms with van der Waals surface area (Å²) < 4.78 is 5.50. The second kappa shape index (κ2) is 8.90. The van der Waals surface area contributed by atoms with Crippen molar-refractivity contribution in [3.8, 4) is 6.07 Å². The molecule has 2 rings (SSSR count). The van der Waals surface area contributed by atoms with Gasteiger partial charge in [-0.15, -0.1) is 0 Å². The fraction of sp³-hybridized carbons (Fsp3) is 0.571. The van der Waals surface area contributed by atoms with Crippen LogP contribution in [0.5, 0.6) is 0 Å². The van der Waals surface area contributed by atoms with Crippen LogP contribution in [-0.2, 0) is 16.1 Å². The largest absolute Gasteiger partial charge is 0.444 e. The number of benzene rings is 1.